The normalized spacial score (nSPS) is 32.5. The smallest absolute Gasteiger partial charge is 0.162 e. The highest BCUT2D eigenvalue weighted by Gasteiger charge is 2.36. The van der Waals surface area contributed by atoms with Crippen molar-refractivity contribution in [3.63, 3.8) is 0 Å². The van der Waals surface area contributed by atoms with E-state index < -0.39 is 23.3 Å². The maximum absolute atomic E-state index is 14.0. The summed E-state index contributed by atoms with van der Waals surface area (Å²) in [5.74, 6) is 18.7. The molecule has 0 bridgehead atoms. The van der Waals surface area contributed by atoms with Gasteiger partial charge in [0.05, 0.1) is 0 Å². The molecular formula is C116H196F4. The van der Waals surface area contributed by atoms with Crippen LogP contribution in [0.1, 0.15) is 448 Å². The summed E-state index contributed by atoms with van der Waals surface area (Å²) in [6, 6.07) is 16.3. The van der Waals surface area contributed by atoms with E-state index in [-0.39, 0.29) is 37.1 Å². The fraction of sp³-hybridized carbons (Fsp3) is 0.793. The third-order valence-corrected chi connectivity index (χ3v) is 34.8. The largest absolute Gasteiger partial charge is 0.203 e. The van der Waals surface area contributed by atoms with Gasteiger partial charge in [-0.15, -0.1) is 0 Å². The molecule has 0 aromatic heterocycles. The second-order valence-electron chi connectivity index (χ2n) is 43.8. The molecule has 11 saturated carbocycles. The molecule has 0 N–H and O–H groups in total. The van der Waals surface area contributed by atoms with Gasteiger partial charge >= 0.3 is 0 Å². The zero-order valence-electron chi connectivity index (χ0n) is 77.5. The van der Waals surface area contributed by atoms with Crippen LogP contribution in [0, 0.1) is 209 Å². The summed E-state index contributed by atoms with van der Waals surface area (Å²) in [5, 5.41) is 0. The average Bonchev–Trinajstić information content (AvgIpc) is 0.838. The minimum atomic E-state index is -0.674. The van der Waals surface area contributed by atoms with E-state index >= 15 is 0 Å². The highest BCUT2D eigenvalue weighted by molar-refractivity contribution is 5.40. The predicted octanol–water partition coefficient (Wildman–Crippen LogP) is 37.5. The molecule has 4 aromatic carbocycles. The molecule has 15 rings (SSSR count). The molecular weight excluding hydrogens is 1470 g/mol. The van der Waals surface area contributed by atoms with E-state index in [9.17, 15) is 17.6 Å². The van der Waals surface area contributed by atoms with Gasteiger partial charge in [0.15, 0.2) is 23.3 Å². The van der Waals surface area contributed by atoms with Crippen molar-refractivity contribution in [2.45, 2.75) is 463 Å². The van der Waals surface area contributed by atoms with E-state index in [1.807, 2.05) is 0 Å². The van der Waals surface area contributed by atoms with Crippen LogP contribution in [-0.4, -0.2) is 0 Å². The molecule has 0 unspecified atom stereocenters. The lowest BCUT2D eigenvalue weighted by molar-refractivity contribution is 0.133. The summed E-state index contributed by atoms with van der Waals surface area (Å²) < 4.78 is 54.9. The lowest BCUT2D eigenvalue weighted by Crippen LogP contribution is -2.26. The van der Waals surface area contributed by atoms with Gasteiger partial charge in [-0.3, -0.25) is 0 Å². The van der Waals surface area contributed by atoms with E-state index in [2.05, 4.69) is 121 Å². The third kappa shape index (κ3) is 33.3. The molecule has 4 heteroatoms. The molecule has 0 amide bonds. The Balaban J connectivity index is 0.000000256. The fourth-order valence-electron chi connectivity index (χ4n) is 24.9. The molecule has 0 saturated heterocycles. The molecule has 688 valence electrons. The molecule has 120 heavy (non-hydrogen) atoms. The van der Waals surface area contributed by atoms with Gasteiger partial charge in [0.1, 0.15) is 0 Å². The maximum Gasteiger partial charge on any atom is 0.162 e. The van der Waals surface area contributed by atoms with Crippen molar-refractivity contribution in [3.05, 3.63) is 139 Å². The van der Waals surface area contributed by atoms with Crippen molar-refractivity contribution in [3.8, 4) is 0 Å². The molecule has 11 fully saturated rings. The molecule has 0 heterocycles. The monoisotopic (exact) mass is 1670 g/mol. The lowest BCUT2D eigenvalue weighted by atomic mass is 9.67. The molecule has 0 aliphatic heterocycles. The van der Waals surface area contributed by atoms with E-state index in [0.717, 1.165) is 131 Å². The van der Waals surface area contributed by atoms with Gasteiger partial charge in [0, 0.05) is 0 Å². The minimum Gasteiger partial charge on any atom is -0.203 e. The first-order valence-corrected chi connectivity index (χ1v) is 50.2. The van der Waals surface area contributed by atoms with Crippen LogP contribution in [0.3, 0.4) is 0 Å². The number of benzene rings is 4. The molecule has 0 nitrogen and oxygen atoms in total. The lowest BCUT2D eigenvalue weighted by Gasteiger charge is -2.38. The summed E-state index contributed by atoms with van der Waals surface area (Å²) in [4.78, 5) is 0. The summed E-state index contributed by atoms with van der Waals surface area (Å²) in [6.07, 6.45) is 69.4. The number of halogens is 4. The predicted molar refractivity (Wildman–Crippen MR) is 522 cm³/mol. The number of hydrogen-bond donors (Lipinski definition) is 0. The summed E-state index contributed by atoms with van der Waals surface area (Å²) in [7, 11) is 0. The van der Waals surface area contributed by atoms with Crippen LogP contribution >= 0.6 is 0 Å². The van der Waals surface area contributed by atoms with Crippen molar-refractivity contribution in [1.82, 2.24) is 0 Å². The second kappa shape index (κ2) is 54.0. The van der Waals surface area contributed by atoms with Crippen LogP contribution in [0.2, 0.25) is 0 Å². The Kier molecular flexibility index (Phi) is 48.3. The molecule has 4 aromatic rings. The van der Waals surface area contributed by atoms with Crippen molar-refractivity contribution in [1.29, 1.82) is 0 Å². The minimum absolute atomic E-state index is 0. The van der Waals surface area contributed by atoms with Crippen LogP contribution in [0.4, 0.5) is 17.6 Å². The standard InChI is InChI=1S/C23H36.C21H30F2.C21H38.C17H26.C15H20F2.C14H26.5CH4/c1-16-5-10-21(11-6-16)22-13-8-20(9-14-22)15-23-12-7-17(2)18(3)19(23)4;1-14-3-8-17(9-4-14)18-11-6-16(7-12-18)13-19-10-5-15(2)20(22)21(19)23;1-16-3-7-18(8-4-16)15-19-9-13-21(14-10-19)20-11-5-17(2)6-12-20;1-12-5-8-16(9-6-12)11-17-10-7-13(2)14(3)15(17)4;1-10-3-6-12(7-4-10)9-13-8-5-11(2)14(16)15(13)17;1-11-3-7-13(8-4-11)14-9-5-12(2)6-10-14;;;;;/h7,12,16,20-22H,5-6,8-11,13-15H2,1-4H3;5,10,14,16-18H,3-4,6-9,11-13H2,1-2H3;16-21H,3-15H2,1-2H3;7,10,12,16H,5-6,8-9,11H2,1-4H3;5,8,10,12H,3-4,6-7,9H2,1-2H3;11-14H,3-10H2,1-2H3;5*1H4. The van der Waals surface area contributed by atoms with E-state index in [4.69, 9.17) is 0 Å². The molecule has 0 radical (unpaired) electrons. The highest BCUT2D eigenvalue weighted by Crippen LogP contribution is 2.48. The van der Waals surface area contributed by atoms with Gasteiger partial charge < -0.3 is 0 Å². The van der Waals surface area contributed by atoms with E-state index in [1.165, 1.54) is 233 Å². The van der Waals surface area contributed by atoms with Gasteiger partial charge in [0.25, 0.3) is 0 Å². The van der Waals surface area contributed by atoms with Crippen LogP contribution < -0.4 is 0 Å². The zero-order chi connectivity index (χ0) is 82.2. The Hall–Kier alpha value is -3.40. The Labute approximate surface area is 744 Å². The molecule has 0 spiro atoms. The van der Waals surface area contributed by atoms with Crippen LogP contribution in [0.25, 0.3) is 0 Å². The van der Waals surface area contributed by atoms with Gasteiger partial charge in [-0.25, -0.2) is 17.6 Å². The second-order valence-corrected chi connectivity index (χ2v) is 43.8. The maximum atomic E-state index is 14.0. The van der Waals surface area contributed by atoms with Crippen LogP contribution in [-0.2, 0) is 25.7 Å². The van der Waals surface area contributed by atoms with Crippen molar-refractivity contribution >= 4 is 0 Å². The first-order valence-electron chi connectivity index (χ1n) is 50.2. The first kappa shape index (κ1) is 107. The van der Waals surface area contributed by atoms with Crippen LogP contribution in [0.5, 0.6) is 0 Å². The number of rotatable bonds is 14. The number of hydrogen-bond acceptors (Lipinski definition) is 0. The third-order valence-electron chi connectivity index (χ3n) is 34.8. The van der Waals surface area contributed by atoms with E-state index in [0.29, 0.717) is 46.9 Å². The molecule has 11 aliphatic rings. The van der Waals surface area contributed by atoms with Crippen LogP contribution in [0.15, 0.2) is 48.5 Å². The zero-order valence-corrected chi connectivity index (χ0v) is 77.5. The first-order chi connectivity index (χ1) is 55.2. The van der Waals surface area contributed by atoms with Gasteiger partial charge in [-0.1, -0.05) is 269 Å². The average molecular weight is 1670 g/mol. The quantitative estimate of drug-likeness (QED) is 0.110. The molecule has 11 aliphatic carbocycles. The number of aryl methyl sites for hydroxylation is 4. The Morgan fingerprint density at radius 1 is 0.183 bits per heavy atom. The van der Waals surface area contributed by atoms with Gasteiger partial charge in [0.2, 0.25) is 0 Å². The van der Waals surface area contributed by atoms with Gasteiger partial charge in [-0.05, 0) is 439 Å². The Morgan fingerprint density at radius 2 is 0.342 bits per heavy atom. The highest BCUT2D eigenvalue weighted by atomic mass is 19.2. The van der Waals surface area contributed by atoms with E-state index in [1.54, 1.807) is 138 Å². The fourth-order valence-corrected chi connectivity index (χ4v) is 24.9. The Morgan fingerprint density at radius 3 is 0.567 bits per heavy atom. The summed E-state index contributed by atoms with van der Waals surface area (Å²) in [5.41, 5.74) is 14.1. The summed E-state index contributed by atoms with van der Waals surface area (Å²) >= 11 is 0. The topological polar surface area (TPSA) is 0 Å². The van der Waals surface area contributed by atoms with Crippen molar-refractivity contribution in [2.24, 2.45) is 130 Å². The van der Waals surface area contributed by atoms with Crippen molar-refractivity contribution in [2.75, 3.05) is 0 Å². The Bertz CT molecular complexity index is 3200. The van der Waals surface area contributed by atoms with Crippen molar-refractivity contribution < 1.29 is 17.6 Å². The SMILES string of the molecule is C.C.C.C.C.CC1CCC(C2CCC(C)CC2)CC1.CC1CCC(CC2CCC(C3CCC(C)CC3)CC2)CC1.Cc1ccc(CC2CCC(C)CC2)c(C)c1C.Cc1ccc(CC2CCC(C)CC2)c(F)c1F.Cc1ccc(CC2CCC(C3CCC(C)CC3)CC2)c(C)c1C.Cc1ccc(CC2CCC(C3CCC(C)CC3)CC2)c(F)c1F. The molecule has 0 atom stereocenters. The van der Waals surface area contributed by atoms with Gasteiger partial charge in [-0.2, -0.15) is 0 Å². The summed E-state index contributed by atoms with van der Waals surface area (Å²) in [6.45, 7) is 36.1.